The van der Waals surface area contributed by atoms with Crippen molar-refractivity contribution in [2.75, 3.05) is 19.3 Å². The Balaban J connectivity index is 0.000000242. The minimum Gasteiger partial charge on any atom is -0.508 e. The molecule has 1 aromatic carbocycles. The van der Waals surface area contributed by atoms with Crippen LogP contribution in [0.15, 0.2) is 18.2 Å². The number of phenols is 1. The van der Waals surface area contributed by atoms with E-state index < -0.39 is 12.0 Å². The molecule has 5 nitrogen and oxygen atoms in total. The van der Waals surface area contributed by atoms with Crippen molar-refractivity contribution in [1.29, 1.82) is 0 Å². The summed E-state index contributed by atoms with van der Waals surface area (Å²) in [5, 5.41) is 17.9. The van der Waals surface area contributed by atoms with E-state index in [1.165, 1.54) is 56.2 Å². The van der Waals surface area contributed by atoms with E-state index in [4.69, 9.17) is 10.8 Å². The van der Waals surface area contributed by atoms with Crippen LogP contribution in [0.4, 0.5) is 0 Å². The number of hydrogen-bond acceptors (Lipinski definition) is 5. The Labute approximate surface area is 161 Å². The maximum absolute atomic E-state index is 9.91. The van der Waals surface area contributed by atoms with Crippen molar-refractivity contribution in [1.82, 2.24) is 4.90 Å². The Kier molecular flexibility index (Phi) is 5.85. The number of nitrogens with zero attached hydrogens (tertiary/aromatic N) is 1. The number of aromatic hydroxyl groups is 1. The number of carboxylic acid groups (broad SMARTS) is 1. The maximum atomic E-state index is 9.91. The first-order chi connectivity index (χ1) is 12.4. The molecule has 2 bridgehead atoms. The average Bonchev–Trinajstić information content (AvgIpc) is 2.65. The van der Waals surface area contributed by atoms with Gasteiger partial charge in [0.25, 0.3) is 0 Å². The minimum atomic E-state index is -1.00. The highest BCUT2D eigenvalue weighted by Gasteiger charge is 2.52. The zero-order chi connectivity index (χ0) is 18.9. The Bertz CT molecular complexity index is 668. The first kappa shape index (κ1) is 19.5. The van der Waals surface area contributed by atoms with Gasteiger partial charge in [-0.2, -0.15) is 12.6 Å². The molecule has 144 valence electrons. The Hall–Kier alpha value is -1.24. The van der Waals surface area contributed by atoms with Crippen molar-refractivity contribution in [3.05, 3.63) is 29.3 Å². The SMILES string of the molecule is CN1CC[C@]23CCCC[C@H]2[C@H]1Cc1ccc(O)cc13.NC(CS)C(=O)O. The van der Waals surface area contributed by atoms with Crippen LogP contribution >= 0.6 is 12.6 Å². The summed E-state index contributed by atoms with van der Waals surface area (Å²) in [6.45, 7) is 1.22. The Morgan fingerprint density at radius 3 is 2.85 bits per heavy atom. The molecular weight excluding hydrogens is 348 g/mol. The summed E-state index contributed by atoms with van der Waals surface area (Å²) in [4.78, 5) is 12.3. The summed E-state index contributed by atoms with van der Waals surface area (Å²) in [6.07, 6.45) is 7.93. The molecule has 0 spiro atoms. The zero-order valence-electron chi connectivity index (χ0n) is 15.4. The molecule has 0 aromatic heterocycles. The van der Waals surface area contributed by atoms with Gasteiger partial charge in [0.2, 0.25) is 0 Å². The highest BCUT2D eigenvalue weighted by Crippen LogP contribution is 2.55. The molecule has 0 radical (unpaired) electrons. The van der Waals surface area contributed by atoms with E-state index in [1.54, 1.807) is 0 Å². The number of benzene rings is 1. The fraction of sp³-hybridized carbons (Fsp3) is 0.650. The standard InChI is InChI=1S/C17H23NO.C3H7NO2S/c1-18-9-8-17-7-3-2-4-14(17)16(18)10-12-5-6-13(19)11-15(12)17;4-2(1-7)3(5)6/h5-6,11,14,16,19H,2-4,7-10H2,1H3;2,7H,1,4H2,(H,5,6)/t14-,16+,17+;/m0./s1. The molecule has 1 saturated heterocycles. The van der Waals surface area contributed by atoms with Gasteiger partial charge in [-0.1, -0.05) is 18.9 Å². The van der Waals surface area contributed by atoms with Crippen LogP contribution in [0.2, 0.25) is 0 Å². The molecule has 1 aliphatic heterocycles. The molecule has 2 aliphatic carbocycles. The van der Waals surface area contributed by atoms with Gasteiger partial charge in [0, 0.05) is 17.2 Å². The number of likely N-dealkylation sites (tertiary alicyclic amines) is 1. The Morgan fingerprint density at radius 2 is 2.19 bits per heavy atom. The number of nitrogens with two attached hydrogens (primary N) is 1. The molecule has 4 N–H and O–H groups in total. The normalized spacial score (nSPS) is 31.0. The lowest BCUT2D eigenvalue weighted by molar-refractivity contribution is -0.137. The van der Waals surface area contributed by atoms with Crippen LogP contribution in [-0.4, -0.2) is 52.5 Å². The Morgan fingerprint density at radius 1 is 1.42 bits per heavy atom. The number of fused-ring (bicyclic) bond motifs is 1. The lowest BCUT2D eigenvalue weighted by Gasteiger charge is -2.58. The monoisotopic (exact) mass is 378 g/mol. The second kappa shape index (κ2) is 7.79. The number of hydrogen-bond donors (Lipinski definition) is 4. The average molecular weight is 379 g/mol. The molecule has 1 heterocycles. The predicted molar refractivity (Wildman–Crippen MR) is 106 cm³/mol. The smallest absolute Gasteiger partial charge is 0.321 e. The number of piperidine rings is 1. The van der Waals surface area contributed by atoms with Gasteiger partial charge in [0.15, 0.2) is 0 Å². The predicted octanol–water partition coefficient (Wildman–Crippen LogP) is 2.41. The zero-order valence-corrected chi connectivity index (χ0v) is 16.3. The quantitative estimate of drug-likeness (QED) is 0.594. The van der Waals surface area contributed by atoms with E-state index in [0.29, 0.717) is 11.2 Å². The molecule has 3 aliphatic rings. The van der Waals surface area contributed by atoms with Crippen LogP contribution in [0.5, 0.6) is 5.75 Å². The molecule has 1 saturated carbocycles. The van der Waals surface area contributed by atoms with Gasteiger partial charge in [-0.25, -0.2) is 0 Å². The highest BCUT2D eigenvalue weighted by atomic mass is 32.1. The van der Waals surface area contributed by atoms with Crippen LogP contribution in [0, 0.1) is 5.92 Å². The molecule has 6 heteroatoms. The van der Waals surface area contributed by atoms with Gasteiger partial charge >= 0.3 is 5.97 Å². The molecule has 26 heavy (non-hydrogen) atoms. The molecule has 4 rings (SSSR count). The van der Waals surface area contributed by atoms with Crippen molar-refractivity contribution in [2.24, 2.45) is 11.7 Å². The molecule has 4 atom stereocenters. The van der Waals surface area contributed by atoms with E-state index in [1.807, 2.05) is 6.07 Å². The van der Waals surface area contributed by atoms with Crippen LogP contribution < -0.4 is 5.73 Å². The van der Waals surface area contributed by atoms with E-state index in [9.17, 15) is 9.90 Å². The van der Waals surface area contributed by atoms with Crippen LogP contribution in [-0.2, 0) is 16.6 Å². The van der Waals surface area contributed by atoms with Gasteiger partial charge in [0.1, 0.15) is 11.8 Å². The largest absolute Gasteiger partial charge is 0.508 e. The van der Waals surface area contributed by atoms with Gasteiger partial charge in [-0.15, -0.1) is 0 Å². The van der Waals surface area contributed by atoms with Crippen LogP contribution in [0.1, 0.15) is 43.2 Å². The fourth-order valence-electron chi connectivity index (χ4n) is 5.26. The summed E-state index contributed by atoms with van der Waals surface area (Å²) in [5.74, 6) is 0.453. The number of thiol groups is 1. The number of phenolic OH excluding ortho intramolecular Hbond substituents is 1. The molecule has 0 amide bonds. The number of carbonyl (C=O) groups is 1. The van der Waals surface area contributed by atoms with E-state index in [0.717, 1.165) is 12.0 Å². The van der Waals surface area contributed by atoms with Gasteiger partial charge in [0.05, 0.1) is 0 Å². The van der Waals surface area contributed by atoms with Gasteiger partial charge < -0.3 is 20.8 Å². The summed E-state index contributed by atoms with van der Waals surface area (Å²) >= 11 is 3.65. The van der Waals surface area contributed by atoms with E-state index in [-0.39, 0.29) is 5.75 Å². The van der Waals surface area contributed by atoms with Crippen LogP contribution in [0.25, 0.3) is 0 Å². The third-order valence-electron chi connectivity index (χ3n) is 6.61. The minimum absolute atomic E-state index is 0.190. The summed E-state index contributed by atoms with van der Waals surface area (Å²) in [7, 11) is 2.30. The van der Waals surface area contributed by atoms with Crippen LogP contribution in [0.3, 0.4) is 0 Å². The lowest BCUT2D eigenvalue weighted by atomic mass is 9.52. The van der Waals surface area contributed by atoms with E-state index in [2.05, 4.69) is 36.7 Å². The number of carboxylic acids is 1. The molecule has 2 fully saturated rings. The lowest BCUT2D eigenvalue weighted by Crippen LogP contribution is -2.59. The van der Waals surface area contributed by atoms with Gasteiger partial charge in [-0.05, 0) is 68.5 Å². The highest BCUT2D eigenvalue weighted by molar-refractivity contribution is 7.80. The molecule has 1 aromatic rings. The third-order valence-corrected chi connectivity index (χ3v) is 7.01. The first-order valence-corrected chi connectivity index (χ1v) is 10.1. The number of rotatable bonds is 2. The van der Waals surface area contributed by atoms with Crippen molar-refractivity contribution in [3.8, 4) is 5.75 Å². The van der Waals surface area contributed by atoms with Crippen molar-refractivity contribution in [3.63, 3.8) is 0 Å². The fourth-order valence-corrected chi connectivity index (χ4v) is 5.42. The number of likely N-dealkylation sites (N-methyl/N-ethyl adjacent to an activating group) is 1. The third kappa shape index (κ3) is 3.47. The second-order valence-electron chi connectivity index (χ2n) is 7.98. The topological polar surface area (TPSA) is 86.8 Å². The molecule has 1 unspecified atom stereocenters. The molecular formula is C20H30N2O3S. The van der Waals surface area contributed by atoms with Gasteiger partial charge in [-0.3, -0.25) is 4.79 Å². The van der Waals surface area contributed by atoms with E-state index >= 15 is 0 Å². The van der Waals surface area contributed by atoms with Crippen molar-refractivity contribution < 1.29 is 15.0 Å². The second-order valence-corrected chi connectivity index (χ2v) is 8.34. The maximum Gasteiger partial charge on any atom is 0.321 e. The summed E-state index contributed by atoms with van der Waals surface area (Å²) < 4.78 is 0. The summed E-state index contributed by atoms with van der Waals surface area (Å²) in [5.41, 5.74) is 8.30. The number of aliphatic carboxylic acids is 1. The summed E-state index contributed by atoms with van der Waals surface area (Å²) in [6, 6.07) is 6.03. The van der Waals surface area contributed by atoms with Crippen molar-refractivity contribution in [2.45, 2.75) is 56.0 Å². The van der Waals surface area contributed by atoms with Crippen molar-refractivity contribution >= 4 is 18.6 Å². The first-order valence-electron chi connectivity index (χ1n) is 9.51.